The predicted molar refractivity (Wildman–Crippen MR) is 122 cm³/mol. The van der Waals surface area contributed by atoms with E-state index in [0.717, 1.165) is 36.7 Å². The zero-order valence-corrected chi connectivity index (χ0v) is 19.0. The summed E-state index contributed by atoms with van der Waals surface area (Å²) in [6.07, 6.45) is 3.47. The number of hydrogen-bond acceptors (Lipinski definition) is 5. The van der Waals surface area contributed by atoms with Crippen molar-refractivity contribution in [2.75, 3.05) is 27.2 Å². The number of halogens is 1. The van der Waals surface area contributed by atoms with Crippen molar-refractivity contribution in [2.24, 2.45) is 4.99 Å². The van der Waals surface area contributed by atoms with Crippen molar-refractivity contribution < 1.29 is 9.13 Å². The molecule has 0 atom stereocenters. The molecule has 1 N–H and O–H groups in total. The number of methoxy groups -OCH3 is 1. The van der Waals surface area contributed by atoms with E-state index in [1.54, 1.807) is 23.7 Å². The van der Waals surface area contributed by atoms with Gasteiger partial charge in [0.2, 0.25) is 0 Å². The molecule has 0 aliphatic carbocycles. The molecule has 3 rings (SSSR count). The lowest BCUT2D eigenvalue weighted by molar-refractivity contribution is 0.385. The number of nitrogens with one attached hydrogen (secondary N) is 1. The van der Waals surface area contributed by atoms with Crippen molar-refractivity contribution in [3.63, 3.8) is 0 Å². The lowest BCUT2D eigenvalue weighted by Gasteiger charge is -2.23. The van der Waals surface area contributed by atoms with Crippen LogP contribution in [0.15, 0.2) is 47.0 Å². The van der Waals surface area contributed by atoms with E-state index in [1.165, 1.54) is 18.1 Å². The number of guanidine groups is 1. The third-order valence-corrected chi connectivity index (χ3v) is 5.78. The van der Waals surface area contributed by atoms with Crippen molar-refractivity contribution in [3.8, 4) is 5.75 Å². The summed E-state index contributed by atoms with van der Waals surface area (Å²) in [5.74, 6) is 1.62. The quantitative estimate of drug-likeness (QED) is 0.384. The summed E-state index contributed by atoms with van der Waals surface area (Å²) in [5.41, 5.74) is 0.848. The van der Waals surface area contributed by atoms with Crippen LogP contribution in [0.2, 0.25) is 0 Å². The highest BCUT2D eigenvalue weighted by Gasteiger charge is 2.10. The van der Waals surface area contributed by atoms with Crippen LogP contribution in [0.3, 0.4) is 0 Å². The molecule has 0 fully saturated rings. The number of ether oxygens (including phenoxy) is 1. The van der Waals surface area contributed by atoms with Crippen molar-refractivity contribution in [1.29, 1.82) is 0 Å². The molecule has 2 aromatic heterocycles. The molecule has 166 valence electrons. The van der Waals surface area contributed by atoms with Crippen LogP contribution in [0.1, 0.15) is 23.2 Å². The Bertz CT molecular complexity index is 972. The largest absolute Gasteiger partial charge is 0.494 e. The zero-order chi connectivity index (χ0) is 22.1. The lowest BCUT2D eigenvalue weighted by Crippen LogP contribution is -2.40. The summed E-state index contributed by atoms with van der Waals surface area (Å²) in [4.78, 5) is 8.10. The van der Waals surface area contributed by atoms with E-state index in [-0.39, 0.29) is 11.6 Å². The maximum absolute atomic E-state index is 14.1. The second-order valence-electron chi connectivity index (χ2n) is 7.08. The fourth-order valence-corrected chi connectivity index (χ4v) is 3.92. The molecule has 2 heterocycles. The van der Waals surface area contributed by atoms with Crippen molar-refractivity contribution in [2.45, 2.75) is 32.9 Å². The van der Waals surface area contributed by atoms with Gasteiger partial charge in [-0.3, -0.25) is 4.99 Å². The summed E-state index contributed by atoms with van der Waals surface area (Å²) in [6.45, 7) is 4.69. The van der Waals surface area contributed by atoms with Crippen LogP contribution in [0.4, 0.5) is 4.39 Å². The average molecular weight is 445 g/mol. The first-order valence-electron chi connectivity index (χ1n) is 10.3. The maximum Gasteiger partial charge on any atom is 0.194 e. The maximum atomic E-state index is 14.1. The van der Waals surface area contributed by atoms with Gasteiger partial charge in [0.1, 0.15) is 12.2 Å². The molecule has 0 saturated heterocycles. The number of benzene rings is 1. The molecule has 3 aromatic rings. The van der Waals surface area contributed by atoms with E-state index in [9.17, 15) is 4.39 Å². The van der Waals surface area contributed by atoms with Crippen LogP contribution in [0.25, 0.3) is 0 Å². The minimum absolute atomic E-state index is 0.245. The predicted octanol–water partition coefficient (Wildman–Crippen LogP) is 3.37. The minimum Gasteiger partial charge on any atom is -0.494 e. The molecule has 0 radical (unpaired) electrons. The molecule has 7 nitrogen and oxygen atoms in total. The third-order valence-electron chi connectivity index (χ3n) is 4.85. The molecule has 0 unspecified atom stereocenters. The van der Waals surface area contributed by atoms with E-state index in [4.69, 9.17) is 9.73 Å². The molecule has 31 heavy (non-hydrogen) atoms. The highest BCUT2D eigenvalue weighted by Crippen LogP contribution is 2.18. The van der Waals surface area contributed by atoms with Gasteiger partial charge >= 0.3 is 0 Å². The number of aryl methyl sites for hydroxylation is 1. The van der Waals surface area contributed by atoms with Gasteiger partial charge in [0.25, 0.3) is 0 Å². The summed E-state index contributed by atoms with van der Waals surface area (Å²) >= 11 is 1.74. The molecule has 0 amide bonds. The first-order valence-corrected chi connectivity index (χ1v) is 11.2. The number of rotatable bonds is 10. The number of aliphatic imine (C=N–C) groups is 1. The molecular formula is C22H29FN6OS. The lowest BCUT2D eigenvalue weighted by atomic mass is 10.2. The Morgan fingerprint density at radius 2 is 2.23 bits per heavy atom. The molecule has 0 spiro atoms. The van der Waals surface area contributed by atoms with Crippen LogP contribution in [0.5, 0.6) is 5.75 Å². The molecular weight excluding hydrogens is 415 g/mol. The topological polar surface area (TPSA) is 67.6 Å². The summed E-state index contributed by atoms with van der Waals surface area (Å²) in [7, 11) is 3.42. The van der Waals surface area contributed by atoms with Gasteiger partial charge in [-0.2, -0.15) is 0 Å². The summed E-state index contributed by atoms with van der Waals surface area (Å²) in [5, 5.41) is 13.6. The van der Waals surface area contributed by atoms with Gasteiger partial charge in [-0.25, -0.2) is 4.39 Å². The first kappa shape index (κ1) is 22.7. The highest BCUT2D eigenvalue weighted by atomic mass is 32.1. The van der Waals surface area contributed by atoms with Crippen LogP contribution < -0.4 is 10.1 Å². The van der Waals surface area contributed by atoms with Gasteiger partial charge < -0.3 is 19.5 Å². The van der Waals surface area contributed by atoms with E-state index in [2.05, 4.69) is 40.0 Å². The minimum atomic E-state index is -0.364. The molecule has 0 aliphatic rings. The van der Waals surface area contributed by atoms with E-state index >= 15 is 0 Å². The SMILES string of the molecule is CCc1nncn1CCNC(=NCCc1cccs1)N(C)Cc1ccc(OC)c(F)c1. The summed E-state index contributed by atoms with van der Waals surface area (Å²) in [6, 6.07) is 9.20. The van der Waals surface area contributed by atoms with Gasteiger partial charge in [0.05, 0.1) is 7.11 Å². The number of hydrogen-bond donors (Lipinski definition) is 1. The second-order valence-corrected chi connectivity index (χ2v) is 8.11. The Morgan fingerprint density at radius 3 is 2.94 bits per heavy atom. The molecule has 1 aromatic carbocycles. The van der Waals surface area contributed by atoms with E-state index in [1.807, 2.05) is 22.6 Å². The average Bonchev–Trinajstić information content (AvgIpc) is 3.44. The molecule has 0 aliphatic heterocycles. The molecule has 9 heteroatoms. The fraction of sp³-hybridized carbons (Fsp3) is 0.409. The second kappa shape index (κ2) is 11.5. The Kier molecular flexibility index (Phi) is 8.40. The van der Waals surface area contributed by atoms with Gasteiger partial charge in [-0.1, -0.05) is 19.1 Å². The number of thiophene rings is 1. The van der Waals surface area contributed by atoms with Gasteiger partial charge in [-0.15, -0.1) is 21.5 Å². The van der Waals surface area contributed by atoms with E-state index < -0.39 is 0 Å². The Balaban J connectivity index is 1.65. The first-order chi connectivity index (χ1) is 15.1. The van der Waals surface area contributed by atoms with Gasteiger partial charge in [0.15, 0.2) is 17.5 Å². The zero-order valence-electron chi connectivity index (χ0n) is 18.2. The van der Waals surface area contributed by atoms with Crippen molar-refractivity contribution in [1.82, 2.24) is 25.0 Å². The fourth-order valence-electron chi connectivity index (χ4n) is 3.22. The van der Waals surface area contributed by atoms with Crippen LogP contribution >= 0.6 is 11.3 Å². The Morgan fingerprint density at radius 1 is 1.35 bits per heavy atom. The van der Waals surface area contributed by atoms with E-state index in [0.29, 0.717) is 19.6 Å². The Labute approximate surface area is 186 Å². The normalized spacial score (nSPS) is 11.5. The number of nitrogens with zero attached hydrogens (tertiary/aromatic N) is 5. The third kappa shape index (κ3) is 6.52. The van der Waals surface area contributed by atoms with Crippen LogP contribution in [-0.2, 0) is 25.9 Å². The smallest absolute Gasteiger partial charge is 0.194 e. The van der Waals surface area contributed by atoms with Gasteiger partial charge in [-0.05, 0) is 29.1 Å². The Hall–Kier alpha value is -2.94. The highest BCUT2D eigenvalue weighted by molar-refractivity contribution is 7.09. The standard InChI is InChI=1S/C22H29FN6OS/c1-4-21-27-26-16-29(21)12-11-25-22(24-10-9-18-6-5-13-31-18)28(2)15-17-7-8-20(30-3)19(23)14-17/h5-8,13-14,16H,4,9-12,15H2,1-3H3,(H,24,25). The van der Waals surface area contributed by atoms with Crippen LogP contribution in [0, 0.1) is 5.82 Å². The van der Waals surface area contributed by atoms with Crippen molar-refractivity contribution in [3.05, 3.63) is 64.1 Å². The van der Waals surface area contributed by atoms with Crippen LogP contribution in [-0.4, -0.2) is 52.9 Å². The summed E-state index contributed by atoms with van der Waals surface area (Å²) < 4.78 is 21.1. The monoisotopic (exact) mass is 444 g/mol. The van der Waals surface area contributed by atoms with Gasteiger partial charge in [0, 0.05) is 50.9 Å². The number of aromatic nitrogens is 3. The molecule has 0 bridgehead atoms. The van der Waals surface area contributed by atoms with Crippen molar-refractivity contribution >= 4 is 17.3 Å². The molecule has 0 saturated carbocycles.